The van der Waals surface area contributed by atoms with Crippen molar-refractivity contribution >= 4 is 40.3 Å². The van der Waals surface area contributed by atoms with Crippen LogP contribution < -0.4 is 5.32 Å². The van der Waals surface area contributed by atoms with E-state index in [1.54, 1.807) is 18.2 Å². The van der Waals surface area contributed by atoms with Crippen molar-refractivity contribution in [2.75, 3.05) is 5.75 Å². The van der Waals surface area contributed by atoms with Crippen LogP contribution in [0.4, 0.5) is 0 Å². The van der Waals surface area contributed by atoms with Gasteiger partial charge in [0, 0.05) is 16.5 Å². The van der Waals surface area contributed by atoms with Crippen LogP contribution >= 0.6 is 11.3 Å². The zero-order valence-corrected chi connectivity index (χ0v) is 14.9. The van der Waals surface area contributed by atoms with Gasteiger partial charge in [-0.05, 0) is 28.7 Å². The normalized spacial score (nSPS) is 24.8. The summed E-state index contributed by atoms with van der Waals surface area (Å²) in [5.41, 5.74) is -0.153. The summed E-state index contributed by atoms with van der Waals surface area (Å²) >= 11 is -0.189. The van der Waals surface area contributed by atoms with Gasteiger partial charge in [0.05, 0.1) is 12.5 Å². The lowest BCUT2D eigenvalue weighted by Gasteiger charge is -2.48. The van der Waals surface area contributed by atoms with E-state index in [0.717, 1.165) is 15.9 Å². The highest BCUT2D eigenvalue weighted by Crippen LogP contribution is 2.37. The molecule has 2 aliphatic heterocycles. The molecule has 2 unspecified atom stereocenters. The Kier molecular flexibility index (Phi) is 5.13. The molecular weight excluding hydrogens is 378 g/mol. The maximum Gasteiger partial charge on any atom is 0.353 e. The minimum Gasteiger partial charge on any atom is -0.614 e. The summed E-state index contributed by atoms with van der Waals surface area (Å²) in [5, 5.41) is 21.5. The van der Waals surface area contributed by atoms with Crippen molar-refractivity contribution in [2.45, 2.75) is 17.8 Å². The van der Waals surface area contributed by atoms with Gasteiger partial charge in [0.1, 0.15) is 11.4 Å². The van der Waals surface area contributed by atoms with Crippen LogP contribution in [0.1, 0.15) is 4.88 Å². The molecule has 8 nitrogen and oxygen atoms in total. The second-order valence-electron chi connectivity index (χ2n) is 5.57. The fourth-order valence-corrected chi connectivity index (χ4v) is 5.21. The van der Waals surface area contributed by atoms with Crippen LogP contribution in [0.2, 0.25) is 0 Å². The summed E-state index contributed by atoms with van der Waals surface area (Å²) in [6, 6.07) is 4.31. The molecule has 1 saturated heterocycles. The lowest BCUT2D eigenvalue weighted by atomic mass is 10.0. The lowest BCUT2D eigenvalue weighted by Crippen LogP contribution is -2.74. The number of fused-ring (bicyclic) bond motifs is 1. The zero-order valence-electron chi connectivity index (χ0n) is 13.2. The quantitative estimate of drug-likeness (QED) is 0.416. The Bertz CT molecular complexity index is 856. The number of nitrogens with zero attached hydrogens (tertiary/aromatic N) is 2. The molecule has 2 amide bonds. The summed E-state index contributed by atoms with van der Waals surface area (Å²) in [4.78, 5) is 37.8. The highest BCUT2D eigenvalue weighted by atomic mass is 32.2. The zero-order chi connectivity index (χ0) is 18.8. The standard InChI is InChI=1S/C16H13N3O5S2/c17-5-1-3-9-8-26(24)15-12(14(21)19(15)13(9)16(22)23)18-11(20)7-10-4-2-6-25-10/h1-4,6,12,15H,7-8H2,(H,18,20)(H,22,23)/t12?,15-,26?/m0/s1. The van der Waals surface area contributed by atoms with Crippen LogP contribution in [-0.2, 0) is 32.0 Å². The molecule has 0 saturated carbocycles. The Balaban J connectivity index is 1.79. The van der Waals surface area contributed by atoms with E-state index in [2.05, 4.69) is 5.32 Å². The van der Waals surface area contributed by atoms with Crippen LogP contribution in [0.3, 0.4) is 0 Å². The first-order chi connectivity index (χ1) is 12.4. The molecule has 1 aromatic heterocycles. The highest BCUT2D eigenvalue weighted by molar-refractivity contribution is 7.92. The molecule has 10 heteroatoms. The first-order valence-corrected chi connectivity index (χ1v) is 9.74. The number of allylic oxidation sites excluding steroid dienone is 2. The summed E-state index contributed by atoms with van der Waals surface area (Å²) in [6.45, 7) is 0. The van der Waals surface area contributed by atoms with Gasteiger partial charge >= 0.3 is 5.97 Å². The monoisotopic (exact) mass is 391 g/mol. The van der Waals surface area contributed by atoms with Crippen molar-refractivity contribution in [3.8, 4) is 6.07 Å². The third-order valence-corrected chi connectivity index (χ3v) is 6.44. The lowest BCUT2D eigenvalue weighted by molar-refractivity contribution is -0.151. The number of hydrogen-bond donors (Lipinski definition) is 2. The molecule has 134 valence electrons. The molecule has 1 fully saturated rings. The molecule has 26 heavy (non-hydrogen) atoms. The van der Waals surface area contributed by atoms with Crippen molar-refractivity contribution in [3.63, 3.8) is 0 Å². The van der Waals surface area contributed by atoms with Crippen LogP contribution in [0.15, 0.2) is 40.9 Å². The van der Waals surface area contributed by atoms with Crippen LogP contribution in [0, 0.1) is 11.3 Å². The Morgan fingerprint density at radius 2 is 2.35 bits per heavy atom. The number of amides is 2. The van der Waals surface area contributed by atoms with E-state index in [1.165, 1.54) is 17.4 Å². The predicted molar refractivity (Wildman–Crippen MR) is 93.0 cm³/mol. The van der Waals surface area contributed by atoms with Gasteiger partial charge < -0.3 is 15.0 Å². The van der Waals surface area contributed by atoms with Gasteiger partial charge in [-0.1, -0.05) is 6.07 Å². The van der Waals surface area contributed by atoms with Gasteiger partial charge in [-0.2, -0.15) is 5.26 Å². The van der Waals surface area contributed by atoms with E-state index in [1.807, 2.05) is 5.38 Å². The summed E-state index contributed by atoms with van der Waals surface area (Å²) < 4.78 is 12.5. The number of nitriles is 1. The molecule has 2 N–H and O–H groups in total. The van der Waals surface area contributed by atoms with Gasteiger partial charge in [-0.25, -0.2) is 4.79 Å². The van der Waals surface area contributed by atoms with Crippen molar-refractivity contribution in [2.24, 2.45) is 0 Å². The predicted octanol–water partition coefficient (Wildman–Crippen LogP) is 0.124. The van der Waals surface area contributed by atoms with Crippen molar-refractivity contribution < 1.29 is 24.0 Å². The average molecular weight is 391 g/mol. The Labute approximate surface area is 155 Å². The van der Waals surface area contributed by atoms with E-state index in [9.17, 15) is 24.0 Å². The molecule has 0 aromatic carbocycles. The van der Waals surface area contributed by atoms with Gasteiger partial charge in [-0.3, -0.25) is 14.5 Å². The number of rotatable bonds is 5. The summed E-state index contributed by atoms with van der Waals surface area (Å²) in [5.74, 6) is -2.46. The third-order valence-electron chi connectivity index (χ3n) is 3.95. The SMILES string of the molecule is N#CC=CC1=C(C(=O)O)N2C(=O)C(NC(=O)Cc3cccs3)[C@@H]2[S+]([O-])C1. The molecule has 0 spiro atoms. The van der Waals surface area contributed by atoms with Gasteiger partial charge in [0.25, 0.3) is 5.91 Å². The van der Waals surface area contributed by atoms with Gasteiger partial charge in [0.15, 0.2) is 6.04 Å². The molecule has 0 bridgehead atoms. The number of hydrogen-bond acceptors (Lipinski definition) is 6. The fraction of sp³-hybridized carbons (Fsp3) is 0.250. The van der Waals surface area contributed by atoms with Crippen molar-refractivity contribution in [1.29, 1.82) is 5.26 Å². The van der Waals surface area contributed by atoms with Crippen molar-refractivity contribution in [3.05, 3.63) is 45.8 Å². The number of β-lactam (4-membered cyclic amide) rings is 1. The second kappa shape index (κ2) is 7.33. The largest absolute Gasteiger partial charge is 0.614 e. The molecule has 0 radical (unpaired) electrons. The molecule has 3 rings (SSSR count). The van der Waals surface area contributed by atoms with Gasteiger partial charge in [0.2, 0.25) is 11.3 Å². The Hall–Kier alpha value is -2.61. The van der Waals surface area contributed by atoms with Crippen LogP contribution in [-0.4, -0.2) is 49.5 Å². The minimum atomic E-state index is -1.59. The number of carbonyl (C=O) groups excluding carboxylic acids is 2. The van der Waals surface area contributed by atoms with E-state index in [0.29, 0.717) is 0 Å². The number of carbonyl (C=O) groups is 3. The van der Waals surface area contributed by atoms with E-state index in [4.69, 9.17) is 5.26 Å². The molecule has 3 atom stereocenters. The number of carboxylic acids is 1. The highest BCUT2D eigenvalue weighted by Gasteiger charge is 2.60. The Morgan fingerprint density at radius 3 is 2.96 bits per heavy atom. The van der Waals surface area contributed by atoms with Crippen molar-refractivity contribution in [1.82, 2.24) is 10.2 Å². The van der Waals surface area contributed by atoms with E-state index in [-0.39, 0.29) is 23.4 Å². The maximum absolute atomic E-state index is 12.5. The smallest absolute Gasteiger partial charge is 0.353 e. The number of carboxylic acid groups (broad SMARTS) is 1. The second-order valence-corrected chi connectivity index (χ2v) is 8.13. The average Bonchev–Trinajstić information content (AvgIpc) is 3.09. The Morgan fingerprint density at radius 1 is 1.58 bits per heavy atom. The third kappa shape index (κ3) is 3.24. The molecule has 0 aliphatic carbocycles. The number of aliphatic carboxylic acids is 1. The van der Waals surface area contributed by atoms with Crippen LogP contribution in [0.5, 0.6) is 0 Å². The molecular formula is C16H13N3O5S2. The molecule has 3 heterocycles. The van der Waals surface area contributed by atoms with E-state index >= 15 is 0 Å². The minimum absolute atomic E-state index is 0.0958. The first-order valence-electron chi connectivity index (χ1n) is 7.48. The maximum atomic E-state index is 12.5. The fourth-order valence-electron chi connectivity index (χ4n) is 2.87. The van der Waals surface area contributed by atoms with Gasteiger partial charge in [-0.15, -0.1) is 11.3 Å². The molecule has 2 aliphatic rings. The van der Waals surface area contributed by atoms with E-state index < -0.39 is 40.4 Å². The first kappa shape index (κ1) is 18.2. The number of thiophene rings is 1. The van der Waals surface area contributed by atoms with Crippen LogP contribution in [0.25, 0.3) is 0 Å². The number of nitrogens with one attached hydrogen (secondary N) is 1. The topological polar surface area (TPSA) is 134 Å². The summed E-state index contributed by atoms with van der Waals surface area (Å²) in [6.07, 6.45) is 2.41. The summed E-state index contributed by atoms with van der Waals surface area (Å²) in [7, 11) is 0. The molecule has 1 aromatic rings.